The standard InChI is InChI=1S/C15H18N2OS/c1-5-17(13-8-6-7-10(2)9-13)15(18)14-11(3)19-12(4)16-14/h6-9H,5H2,1-4H3. The number of aryl methyl sites for hydroxylation is 3. The van der Waals surface area contributed by atoms with E-state index in [1.165, 1.54) is 0 Å². The van der Waals surface area contributed by atoms with Gasteiger partial charge in [0.1, 0.15) is 5.69 Å². The summed E-state index contributed by atoms with van der Waals surface area (Å²) in [5.74, 6) is -0.0186. The van der Waals surface area contributed by atoms with Crippen LogP contribution in [0.4, 0.5) is 5.69 Å². The minimum atomic E-state index is -0.0186. The number of benzene rings is 1. The fourth-order valence-corrected chi connectivity index (χ4v) is 2.90. The molecule has 0 fully saturated rings. The van der Waals surface area contributed by atoms with E-state index in [0.717, 1.165) is 21.1 Å². The minimum absolute atomic E-state index is 0.0186. The Morgan fingerprint density at radius 3 is 2.58 bits per heavy atom. The third kappa shape index (κ3) is 2.84. The van der Waals surface area contributed by atoms with Crippen LogP contribution in [0.2, 0.25) is 0 Å². The van der Waals surface area contributed by atoms with Gasteiger partial charge in [0.05, 0.1) is 5.01 Å². The Morgan fingerprint density at radius 1 is 1.32 bits per heavy atom. The Balaban J connectivity index is 2.37. The van der Waals surface area contributed by atoms with Crippen LogP contribution in [0.3, 0.4) is 0 Å². The van der Waals surface area contributed by atoms with E-state index in [4.69, 9.17) is 0 Å². The maximum absolute atomic E-state index is 12.6. The molecule has 0 aliphatic rings. The van der Waals surface area contributed by atoms with Gasteiger partial charge in [-0.1, -0.05) is 12.1 Å². The molecular formula is C15H18N2OS. The maximum Gasteiger partial charge on any atom is 0.278 e. The second-order valence-electron chi connectivity index (χ2n) is 4.53. The third-order valence-electron chi connectivity index (χ3n) is 2.98. The number of rotatable bonds is 3. The predicted octanol–water partition coefficient (Wildman–Crippen LogP) is 3.74. The maximum atomic E-state index is 12.6. The van der Waals surface area contributed by atoms with Crippen LogP contribution >= 0.6 is 11.3 Å². The van der Waals surface area contributed by atoms with Gasteiger partial charge in [0, 0.05) is 17.1 Å². The second-order valence-corrected chi connectivity index (χ2v) is 5.93. The molecule has 0 aliphatic heterocycles. The molecule has 1 heterocycles. The number of amides is 1. The molecule has 1 amide bonds. The van der Waals surface area contributed by atoms with Crippen molar-refractivity contribution in [2.24, 2.45) is 0 Å². The average molecular weight is 274 g/mol. The number of anilines is 1. The van der Waals surface area contributed by atoms with Crippen molar-refractivity contribution in [1.29, 1.82) is 0 Å². The molecule has 3 nitrogen and oxygen atoms in total. The number of carbonyl (C=O) groups is 1. The number of aromatic nitrogens is 1. The van der Waals surface area contributed by atoms with Crippen LogP contribution in [0.15, 0.2) is 24.3 Å². The lowest BCUT2D eigenvalue weighted by Gasteiger charge is -2.20. The van der Waals surface area contributed by atoms with Gasteiger partial charge in [-0.25, -0.2) is 4.98 Å². The molecule has 0 saturated carbocycles. The fraction of sp³-hybridized carbons (Fsp3) is 0.333. The van der Waals surface area contributed by atoms with Crippen molar-refractivity contribution < 1.29 is 4.79 Å². The van der Waals surface area contributed by atoms with E-state index in [0.29, 0.717) is 12.2 Å². The van der Waals surface area contributed by atoms with Gasteiger partial charge in [0.25, 0.3) is 5.91 Å². The molecule has 19 heavy (non-hydrogen) atoms. The van der Waals surface area contributed by atoms with E-state index < -0.39 is 0 Å². The number of hydrogen-bond acceptors (Lipinski definition) is 3. The van der Waals surface area contributed by atoms with E-state index in [9.17, 15) is 4.79 Å². The zero-order valence-electron chi connectivity index (χ0n) is 11.7. The number of hydrogen-bond donors (Lipinski definition) is 0. The summed E-state index contributed by atoms with van der Waals surface area (Å²) in [5.41, 5.74) is 2.65. The van der Waals surface area contributed by atoms with Crippen molar-refractivity contribution in [2.45, 2.75) is 27.7 Å². The van der Waals surface area contributed by atoms with Crippen LogP contribution in [0, 0.1) is 20.8 Å². The molecule has 2 aromatic rings. The SMILES string of the molecule is CCN(C(=O)c1nc(C)sc1C)c1cccc(C)c1. The van der Waals surface area contributed by atoms with E-state index in [1.807, 2.05) is 52.0 Å². The van der Waals surface area contributed by atoms with E-state index in [-0.39, 0.29) is 5.91 Å². The molecule has 0 unspecified atom stereocenters. The fourth-order valence-electron chi connectivity index (χ4n) is 2.09. The molecular weight excluding hydrogens is 256 g/mol. The molecule has 0 saturated heterocycles. The molecule has 0 aliphatic carbocycles. The van der Waals surface area contributed by atoms with Gasteiger partial charge in [-0.3, -0.25) is 4.79 Å². The molecule has 4 heteroatoms. The Morgan fingerprint density at radius 2 is 2.05 bits per heavy atom. The lowest BCUT2D eigenvalue weighted by Crippen LogP contribution is -2.31. The van der Waals surface area contributed by atoms with Crippen molar-refractivity contribution in [2.75, 3.05) is 11.4 Å². The first-order valence-corrected chi connectivity index (χ1v) is 7.17. The van der Waals surface area contributed by atoms with Gasteiger partial charge in [0.15, 0.2) is 0 Å². The molecule has 0 atom stereocenters. The van der Waals surface area contributed by atoms with Crippen molar-refractivity contribution in [1.82, 2.24) is 4.98 Å². The van der Waals surface area contributed by atoms with Gasteiger partial charge >= 0.3 is 0 Å². The van der Waals surface area contributed by atoms with Gasteiger partial charge in [-0.05, 0) is 45.4 Å². The first kappa shape index (κ1) is 13.7. The largest absolute Gasteiger partial charge is 0.307 e. The molecule has 2 rings (SSSR count). The quantitative estimate of drug-likeness (QED) is 0.854. The molecule has 100 valence electrons. The van der Waals surface area contributed by atoms with Crippen molar-refractivity contribution in [3.63, 3.8) is 0 Å². The Hall–Kier alpha value is -1.68. The summed E-state index contributed by atoms with van der Waals surface area (Å²) in [6.45, 7) is 8.52. The summed E-state index contributed by atoms with van der Waals surface area (Å²) >= 11 is 1.57. The smallest absolute Gasteiger partial charge is 0.278 e. The van der Waals surface area contributed by atoms with Crippen LogP contribution < -0.4 is 4.90 Å². The Bertz CT molecular complexity index is 604. The minimum Gasteiger partial charge on any atom is -0.307 e. The van der Waals surface area contributed by atoms with Crippen LogP contribution in [0.5, 0.6) is 0 Å². The summed E-state index contributed by atoms with van der Waals surface area (Å²) in [7, 11) is 0. The molecule has 0 spiro atoms. The molecule has 0 N–H and O–H groups in total. The van der Waals surface area contributed by atoms with E-state index in [2.05, 4.69) is 4.98 Å². The lowest BCUT2D eigenvalue weighted by molar-refractivity contribution is 0.0983. The number of thiazole rings is 1. The molecule has 0 radical (unpaired) electrons. The summed E-state index contributed by atoms with van der Waals surface area (Å²) in [6.07, 6.45) is 0. The Labute approximate surface area is 117 Å². The van der Waals surface area contributed by atoms with Crippen molar-refractivity contribution in [3.05, 3.63) is 45.4 Å². The van der Waals surface area contributed by atoms with Gasteiger partial charge in [-0.2, -0.15) is 0 Å². The van der Waals surface area contributed by atoms with Crippen LogP contribution in [0.1, 0.15) is 32.9 Å². The molecule has 1 aromatic heterocycles. The summed E-state index contributed by atoms with van der Waals surface area (Å²) < 4.78 is 0. The highest BCUT2D eigenvalue weighted by atomic mass is 32.1. The topological polar surface area (TPSA) is 33.2 Å². The monoisotopic (exact) mass is 274 g/mol. The summed E-state index contributed by atoms with van der Waals surface area (Å²) in [4.78, 5) is 19.7. The van der Waals surface area contributed by atoms with Crippen LogP contribution in [0.25, 0.3) is 0 Å². The second kappa shape index (κ2) is 5.53. The Kier molecular flexibility index (Phi) is 4.00. The van der Waals surface area contributed by atoms with Crippen molar-refractivity contribution in [3.8, 4) is 0 Å². The average Bonchev–Trinajstić information content (AvgIpc) is 2.69. The predicted molar refractivity (Wildman–Crippen MR) is 80.1 cm³/mol. The number of nitrogens with zero attached hydrogens (tertiary/aromatic N) is 2. The number of carbonyl (C=O) groups excluding carboxylic acids is 1. The first-order valence-electron chi connectivity index (χ1n) is 6.35. The van der Waals surface area contributed by atoms with E-state index in [1.54, 1.807) is 16.2 Å². The van der Waals surface area contributed by atoms with Gasteiger partial charge in [0.2, 0.25) is 0 Å². The van der Waals surface area contributed by atoms with Gasteiger partial charge < -0.3 is 4.90 Å². The normalized spacial score (nSPS) is 10.5. The molecule has 0 bridgehead atoms. The summed E-state index contributed by atoms with van der Waals surface area (Å²) in [6, 6.07) is 7.98. The van der Waals surface area contributed by atoms with Crippen LogP contribution in [-0.4, -0.2) is 17.4 Å². The van der Waals surface area contributed by atoms with Gasteiger partial charge in [-0.15, -0.1) is 11.3 Å². The zero-order chi connectivity index (χ0) is 14.0. The lowest BCUT2D eigenvalue weighted by atomic mass is 10.2. The molecule has 1 aromatic carbocycles. The highest BCUT2D eigenvalue weighted by Gasteiger charge is 2.21. The van der Waals surface area contributed by atoms with Crippen molar-refractivity contribution >= 4 is 22.9 Å². The van der Waals surface area contributed by atoms with Crippen LogP contribution in [-0.2, 0) is 0 Å². The highest BCUT2D eigenvalue weighted by molar-refractivity contribution is 7.11. The third-order valence-corrected chi connectivity index (χ3v) is 3.87. The highest BCUT2D eigenvalue weighted by Crippen LogP contribution is 2.22. The van der Waals surface area contributed by atoms with E-state index >= 15 is 0 Å². The first-order chi connectivity index (χ1) is 9.02. The summed E-state index contributed by atoms with van der Waals surface area (Å²) in [5, 5.41) is 0.932. The zero-order valence-corrected chi connectivity index (χ0v) is 12.5.